The van der Waals surface area contributed by atoms with Crippen molar-refractivity contribution < 1.29 is 37.0 Å². The van der Waals surface area contributed by atoms with Crippen molar-refractivity contribution >= 4 is 27.9 Å². The van der Waals surface area contributed by atoms with Crippen LogP contribution in [0.15, 0.2) is 0 Å². The van der Waals surface area contributed by atoms with Crippen molar-refractivity contribution in [1.82, 2.24) is 0 Å². The molecule has 0 saturated heterocycles. The maximum absolute atomic E-state index is 13.3. The van der Waals surface area contributed by atoms with Crippen LogP contribution in [0, 0.1) is 23.3 Å². The molecule has 1 rings (SSSR count). The van der Waals surface area contributed by atoms with Crippen LogP contribution in [0.4, 0.5) is 17.6 Å². The topological polar surface area (TPSA) is 66.4 Å². The average Bonchev–Trinajstić information content (AvgIpc) is 2.31. The molecule has 1 aromatic carbocycles. The first-order valence-electron chi connectivity index (χ1n) is 4.61. The van der Waals surface area contributed by atoms with E-state index in [-0.39, 0.29) is 0 Å². The van der Waals surface area contributed by atoms with Crippen molar-refractivity contribution in [2.75, 3.05) is 0 Å². The third-order valence-electron chi connectivity index (χ3n) is 1.95. The molecule has 0 aromatic heterocycles. The zero-order valence-electron chi connectivity index (χ0n) is 9.10. The van der Waals surface area contributed by atoms with E-state index in [1.807, 2.05) is 0 Å². The fourth-order valence-electron chi connectivity index (χ4n) is 1.06. The van der Waals surface area contributed by atoms with Crippen LogP contribution in [0.25, 0.3) is 0 Å². The molecule has 0 aliphatic carbocycles. The molecule has 0 radical (unpaired) electrons. The van der Waals surface area contributed by atoms with Crippen LogP contribution < -0.4 is 9.84 Å². The highest BCUT2D eigenvalue weighted by molar-refractivity contribution is 9.10. The number of aromatic carboxylic acids is 1. The summed E-state index contributed by atoms with van der Waals surface area (Å²) < 4.78 is 57.1. The maximum atomic E-state index is 13.3. The van der Waals surface area contributed by atoms with Gasteiger partial charge in [0.15, 0.2) is 11.6 Å². The third kappa shape index (κ3) is 2.86. The second-order valence-corrected chi connectivity index (χ2v) is 4.66. The van der Waals surface area contributed by atoms with Crippen LogP contribution in [0.5, 0.6) is 5.75 Å². The van der Waals surface area contributed by atoms with E-state index >= 15 is 0 Å². The molecule has 1 aromatic rings. The predicted molar refractivity (Wildman–Crippen MR) is 54.6 cm³/mol. The van der Waals surface area contributed by atoms with Gasteiger partial charge in [-0.3, -0.25) is 4.79 Å². The summed E-state index contributed by atoms with van der Waals surface area (Å²) in [5.41, 5.74) is -1.92. The number of carboxylic acid groups (broad SMARTS) is 1. The zero-order chi connectivity index (χ0) is 14.9. The SMILES string of the molecule is CC(Br)C(=O)Oc1c(F)c(F)c(C(=O)[O-])c(F)c1F. The fraction of sp³-hybridized carbons (Fsp3) is 0.200. The van der Waals surface area contributed by atoms with Gasteiger partial charge in [-0.05, 0) is 6.92 Å². The first kappa shape index (κ1) is 15.4. The zero-order valence-corrected chi connectivity index (χ0v) is 10.7. The maximum Gasteiger partial charge on any atom is 0.325 e. The molecule has 19 heavy (non-hydrogen) atoms. The quantitative estimate of drug-likeness (QED) is 0.273. The number of carboxylic acids is 1. The number of ether oxygens (including phenoxy) is 1. The van der Waals surface area contributed by atoms with Gasteiger partial charge in [-0.2, -0.15) is 8.78 Å². The Labute approximate surface area is 112 Å². The minimum atomic E-state index is -2.44. The second-order valence-electron chi connectivity index (χ2n) is 3.28. The van der Waals surface area contributed by atoms with Gasteiger partial charge in [-0.15, -0.1) is 0 Å². The molecule has 104 valence electrons. The lowest BCUT2D eigenvalue weighted by molar-refractivity contribution is -0.255. The number of carbonyl (C=O) groups excluding carboxylic acids is 2. The monoisotopic (exact) mass is 343 g/mol. The van der Waals surface area contributed by atoms with E-state index in [0.29, 0.717) is 0 Å². The van der Waals surface area contributed by atoms with Gasteiger partial charge in [-0.1, -0.05) is 15.9 Å². The fourth-order valence-corrected chi connectivity index (χ4v) is 1.16. The molecule has 0 aliphatic rings. The van der Waals surface area contributed by atoms with Crippen molar-refractivity contribution in [3.05, 3.63) is 28.8 Å². The highest BCUT2D eigenvalue weighted by Crippen LogP contribution is 2.30. The first-order valence-corrected chi connectivity index (χ1v) is 5.53. The van der Waals surface area contributed by atoms with E-state index in [1.54, 1.807) is 0 Å². The molecular weight excluding hydrogens is 340 g/mol. The largest absolute Gasteiger partial charge is 0.545 e. The van der Waals surface area contributed by atoms with Crippen molar-refractivity contribution in [2.24, 2.45) is 0 Å². The van der Waals surface area contributed by atoms with Crippen LogP contribution in [-0.4, -0.2) is 16.8 Å². The van der Waals surface area contributed by atoms with Gasteiger partial charge in [0.05, 0.1) is 11.5 Å². The number of rotatable bonds is 3. The molecule has 0 fully saturated rings. The summed E-state index contributed by atoms with van der Waals surface area (Å²) >= 11 is 2.71. The summed E-state index contributed by atoms with van der Waals surface area (Å²) in [6.45, 7) is 1.24. The smallest absolute Gasteiger partial charge is 0.325 e. The van der Waals surface area contributed by atoms with E-state index in [0.717, 1.165) is 0 Å². The standard InChI is InChI=1S/C10H5BrF4O4/c1-2(11)10(18)19-8-6(14)4(12)3(9(16)17)5(13)7(8)15/h2H,1H3,(H,16,17)/p-1. The van der Waals surface area contributed by atoms with Gasteiger partial charge in [0, 0.05) is 0 Å². The van der Waals surface area contributed by atoms with E-state index < -0.39 is 51.3 Å². The number of carbonyl (C=O) groups is 2. The predicted octanol–water partition coefficient (Wildman–Crippen LogP) is 1.30. The number of halogens is 5. The Hall–Kier alpha value is -1.64. The molecule has 0 spiro atoms. The molecule has 0 amide bonds. The Balaban J connectivity index is 3.44. The first-order chi connectivity index (χ1) is 8.68. The van der Waals surface area contributed by atoms with E-state index in [4.69, 9.17) is 0 Å². The summed E-state index contributed by atoms with van der Waals surface area (Å²) in [6.07, 6.45) is 0. The van der Waals surface area contributed by atoms with Gasteiger partial charge in [0.2, 0.25) is 17.4 Å². The Morgan fingerprint density at radius 1 is 1.11 bits per heavy atom. The number of esters is 1. The summed E-state index contributed by atoms with van der Waals surface area (Å²) in [6, 6.07) is 0. The molecule has 0 heterocycles. The third-order valence-corrected chi connectivity index (χ3v) is 2.33. The van der Waals surface area contributed by atoms with Gasteiger partial charge in [-0.25, -0.2) is 8.78 Å². The van der Waals surface area contributed by atoms with E-state index in [1.165, 1.54) is 6.92 Å². The summed E-state index contributed by atoms with van der Waals surface area (Å²) in [5, 5.41) is 10.3. The average molecular weight is 344 g/mol. The van der Waals surface area contributed by atoms with Gasteiger partial charge in [0.1, 0.15) is 4.83 Å². The van der Waals surface area contributed by atoms with Crippen LogP contribution >= 0.6 is 15.9 Å². The van der Waals surface area contributed by atoms with Crippen molar-refractivity contribution in [3.8, 4) is 5.75 Å². The van der Waals surface area contributed by atoms with Crippen molar-refractivity contribution in [3.63, 3.8) is 0 Å². The van der Waals surface area contributed by atoms with Gasteiger partial charge < -0.3 is 14.6 Å². The van der Waals surface area contributed by atoms with Gasteiger partial charge >= 0.3 is 5.97 Å². The van der Waals surface area contributed by atoms with Crippen LogP contribution in [0.3, 0.4) is 0 Å². The Bertz CT molecular complexity index is 530. The molecule has 0 bridgehead atoms. The Morgan fingerprint density at radius 3 is 1.84 bits per heavy atom. The summed E-state index contributed by atoms with van der Waals surface area (Å²) in [4.78, 5) is 20.4. The summed E-state index contributed by atoms with van der Waals surface area (Å²) in [7, 11) is 0. The van der Waals surface area contributed by atoms with Crippen molar-refractivity contribution in [2.45, 2.75) is 11.8 Å². The molecular formula is C10H4BrF4O4-. The molecule has 9 heteroatoms. The minimum absolute atomic E-state index is 1.00. The molecule has 0 aliphatic heterocycles. The number of alkyl halides is 1. The molecule has 1 unspecified atom stereocenters. The summed E-state index contributed by atoms with van der Waals surface area (Å²) in [5.74, 6) is -14.0. The number of benzene rings is 1. The van der Waals surface area contributed by atoms with Gasteiger partial charge in [0.25, 0.3) is 0 Å². The highest BCUT2D eigenvalue weighted by Gasteiger charge is 2.29. The van der Waals surface area contributed by atoms with E-state index in [9.17, 15) is 32.3 Å². The minimum Gasteiger partial charge on any atom is -0.545 e. The Morgan fingerprint density at radius 2 is 1.53 bits per heavy atom. The van der Waals surface area contributed by atoms with Crippen LogP contribution in [-0.2, 0) is 4.79 Å². The number of hydrogen-bond acceptors (Lipinski definition) is 4. The van der Waals surface area contributed by atoms with Crippen molar-refractivity contribution in [1.29, 1.82) is 0 Å². The lowest BCUT2D eigenvalue weighted by Gasteiger charge is -2.12. The lowest BCUT2D eigenvalue weighted by Crippen LogP contribution is -2.27. The molecule has 4 nitrogen and oxygen atoms in total. The lowest BCUT2D eigenvalue weighted by atomic mass is 10.1. The Kier molecular flexibility index (Phi) is 4.51. The molecule has 1 atom stereocenters. The highest BCUT2D eigenvalue weighted by atomic mass is 79.9. The number of hydrogen-bond donors (Lipinski definition) is 0. The van der Waals surface area contributed by atoms with Crippen LogP contribution in [0.2, 0.25) is 0 Å². The second kappa shape index (κ2) is 5.55. The van der Waals surface area contributed by atoms with E-state index in [2.05, 4.69) is 20.7 Å². The molecule has 0 N–H and O–H groups in total. The van der Waals surface area contributed by atoms with Crippen LogP contribution in [0.1, 0.15) is 17.3 Å². The molecule has 0 saturated carbocycles. The normalized spacial score (nSPS) is 12.1.